The van der Waals surface area contributed by atoms with Crippen LogP contribution in [0.1, 0.15) is 48.6 Å². The first-order valence-corrected chi connectivity index (χ1v) is 10.3. The molecule has 0 radical (unpaired) electrons. The molecule has 1 aromatic carbocycles. The van der Waals surface area contributed by atoms with Gasteiger partial charge in [0.1, 0.15) is 0 Å². The molecule has 4 aromatic rings. The molecule has 0 aliphatic heterocycles. The molecular formula is C23H26N6O. The van der Waals surface area contributed by atoms with Crippen molar-refractivity contribution in [1.82, 2.24) is 29.9 Å². The standard InChI is InChI=1S/C23H26N6O/c1-5-28-16(4)19(14-25-28)21-13-18(17-9-7-8-10-20(17)27-21)23(30)26-15(3)22-11-12-24-29(22)6-2/h7-15H,5-6H2,1-4H3,(H,26,30). The summed E-state index contributed by atoms with van der Waals surface area (Å²) in [6, 6.07) is 11.4. The Kier molecular flexibility index (Phi) is 5.35. The Labute approximate surface area is 175 Å². The number of pyridine rings is 1. The Morgan fingerprint density at radius 1 is 1.10 bits per heavy atom. The van der Waals surface area contributed by atoms with Crippen LogP contribution in [0.4, 0.5) is 0 Å². The van der Waals surface area contributed by atoms with Crippen LogP contribution in [0, 0.1) is 6.92 Å². The third-order valence-corrected chi connectivity index (χ3v) is 5.48. The second kappa shape index (κ2) is 8.10. The highest BCUT2D eigenvalue weighted by molar-refractivity contribution is 6.07. The van der Waals surface area contributed by atoms with Gasteiger partial charge in [-0.05, 0) is 45.9 Å². The largest absolute Gasteiger partial charge is 0.344 e. The molecule has 0 aliphatic carbocycles. The molecule has 1 unspecified atom stereocenters. The van der Waals surface area contributed by atoms with Crippen molar-refractivity contribution in [3.05, 3.63) is 65.7 Å². The lowest BCUT2D eigenvalue weighted by atomic mass is 10.0. The zero-order valence-corrected chi connectivity index (χ0v) is 17.8. The van der Waals surface area contributed by atoms with Crippen molar-refractivity contribution in [2.45, 2.75) is 46.8 Å². The Morgan fingerprint density at radius 2 is 1.87 bits per heavy atom. The predicted octanol–water partition coefficient (Wildman–Crippen LogP) is 4.13. The van der Waals surface area contributed by atoms with E-state index in [1.165, 1.54) is 0 Å². The third-order valence-electron chi connectivity index (χ3n) is 5.48. The van der Waals surface area contributed by atoms with Gasteiger partial charge in [0.2, 0.25) is 0 Å². The van der Waals surface area contributed by atoms with E-state index < -0.39 is 0 Å². The maximum absolute atomic E-state index is 13.3. The van der Waals surface area contributed by atoms with Gasteiger partial charge in [-0.1, -0.05) is 18.2 Å². The number of aryl methyl sites for hydroxylation is 2. The fraction of sp³-hybridized carbons (Fsp3) is 0.304. The second-order valence-electron chi connectivity index (χ2n) is 7.30. The van der Waals surface area contributed by atoms with Crippen LogP contribution in [0.2, 0.25) is 0 Å². The molecule has 0 saturated heterocycles. The molecule has 3 heterocycles. The van der Waals surface area contributed by atoms with Crippen LogP contribution in [0.5, 0.6) is 0 Å². The molecule has 1 atom stereocenters. The number of para-hydroxylation sites is 1. The fourth-order valence-electron chi connectivity index (χ4n) is 3.84. The number of aromatic nitrogens is 5. The molecule has 7 heteroatoms. The van der Waals surface area contributed by atoms with Crippen LogP contribution < -0.4 is 5.32 Å². The normalized spacial score (nSPS) is 12.3. The first kappa shape index (κ1) is 19.8. The van der Waals surface area contributed by atoms with E-state index in [1.807, 2.05) is 72.7 Å². The number of nitrogens with zero attached hydrogens (tertiary/aromatic N) is 5. The van der Waals surface area contributed by atoms with Gasteiger partial charge in [-0.2, -0.15) is 10.2 Å². The number of nitrogens with one attached hydrogen (secondary N) is 1. The zero-order chi connectivity index (χ0) is 21.3. The first-order chi connectivity index (χ1) is 14.5. The molecule has 0 bridgehead atoms. The minimum atomic E-state index is -0.167. The van der Waals surface area contributed by atoms with Crippen LogP contribution in [-0.2, 0) is 13.1 Å². The quantitative estimate of drug-likeness (QED) is 0.526. The van der Waals surface area contributed by atoms with Crippen molar-refractivity contribution in [3.8, 4) is 11.3 Å². The smallest absolute Gasteiger partial charge is 0.252 e. The van der Waals surface area contributed by atoms with Crippen molar-refractivity contribution in [2.24, 2.45) is 0 Å². The Bertz CT molecular complexity index is 1210. The molecule has 0 saturated carbocycles. The summed E-state index contributed by atoms with van der Waals surface area (Å²) in [4.78, 5) is 18.1. The van der Waals surface area contributed by atoms with Gasteiger partial charge in [0.05, 0.1) is 34.7 Å². The topological polar surface area (TPSA) is 77.6 Å². The highest BCUT2D eigenvalue weighted by Gasteiger charge is 2.19. The maximum Gasteiger partial charge on any atom is 0.252 e. The summed E-state index contributed by atoms with van der Waals surface area (Å²) in [5, 5.41) is 12.7. The highest BCUT2D eigenvalue weighted by atomic mass is 16.1. The fourth-order valence-corrected chi connectivity index (χ4v) is 3.84. The van der Waals surface area contributed by atoms with Crippen LogP contribution in [-0.4, -0.2) is 30.5 Å². The van der Waals surface area contributed by atoms with E-state index in [2.05, 4.69) is 22.4 Å². The number of fused-ring (bicyclic) bond motifs is 1. The second-order valence-corrected chi connectivity index (χ2v) is 7.30. The van der Waals surface area contributed by atoms with Gasteiger partial charge in [-0.3, -0.25) is 14.2 Å². The lowest BCUT2D eigenvalue weighted by Crippen LogP contribution is -2.28. The third kappa shape index (κ3) is 3.47. The van der Waals surface area contributed by atoms with Gasteiger partial charge in [0.25, 0.3) is 5.91 Å². The number of amides is 1. The molecule has 0 spiro atoms. The lowest BCUT2D eigenvalue weighted by Gasteiger charge is -2.17. The van der Waals surface area contributed by atoms with E-state index in [4.69, 9.17) is 4.98 Å². The van der Waals surface area contributed by atoms with E-state index in [1.54, 1.807) is 6.20 Å². The summed E-state index contributed by atoms with van der Waals surface area (Å²) in [5.74, 6) is -0.133. The van der Waals surface area contributed by atoms with Crippen LogP contribution in [0.3, 0.4) is 0 Å². The lowest BCUT2D eigenvalue weighted by molar-refractivity contribution is 0.0940. The van der Waals surface area contributed by atoms with Crippen LogP contribution in [0.15, 0.2) is 48.8 Å². The Hall–Kier alpha value is -3.48. The van der Waals surface area contributed by atoms with Gasteiger partial charge in [-0.25, -0.2) is 4.98 Å². The molecule has 3 aromatic heterocycles. The number of benzene rings is 1. The van der Waals surface area contributed by atoms with Crippen molar-refractivity contribution < 1.29 is 4.79 Å². The summed E-state index contributed by atoms with van der Waals surface area (Å²) in [6.07, 6.45) is 3.58. The molecule has 0 fully saturated rings. The van der Waals surface area contributed by atoms with E-state index >= 15 is 0 Å². The number of rotatable bonds is 6. The monoisotopic (exact) mass is 402 g/mol. The number of hydrogen-bond acceptors (Lipinski definition) is 4. The molecule has 1 amide bonds. The summed E-state index contributed by atoms with van der Waals surface area (Å²) < 4.78 is 3.82. The van der Waals surface area contributed by atoms with Crippen molar-refractivity contribution >= 4 is 16.8 Å². The summed E-state index contributed by atoms with van der Waals surface area (Å²) in [6.45, 7) is 9.63. The minimum Gasteiger partial charge on any atom is -0.344 e. The highest BCUT2D eigenvalue weighted by Crippen LogP contribution is 2.27. The van der Waals surface area contributed by atoms with Crippen molar-refractivity contribution in [1.29, 1.82) is 0 Å². The Morgan fingerprint density at radius 3 is 2.60 bits per heavy atom. The maximum atomic E-state index is 13.3. The molecule has 4 rings (SSSR count). The van der Waals surface area contributed by atoms with Gasteiger partial charge in [0, 0.05) is 35.9 Å². The van der Waals surface area contributed by atoms with Gasteiger partial charge < -0.3 is 5.32 Å². The number of carbonyl (C=O) groups is 1. The van der Waals surface area contributed by atoms with Gasteiger partial charge in [0.15, 0.2) is 0 Å². The van der Waals surface area contributed by atoms with Gasteiger partial charge >= 0.3 is 0 Å². The molecular weight excluding hydrogens is 376 g/mol. The number of carbonyl (C=O) groups excluding carboxylic acids is 1. The van der Waals surface area contributed by atoms with E-state index in [0.29, 0.717) is 5.56 Å². The zero-order valence-electron chi connectivity index (χ0n) is 17.8. The Balaban J connectivity index is 1.75. The SMILES string of the molecule is CCn1nccc1C(C)NC(=O)c1cc(-c2cnn(CC)c2C)nc2ccccc12. The van der Waals surface area contributed by atoms with Gasteiger partial charge in [-0.15, -0.1) is 0 Å². The van der Waals surface area contributed by atoms with Crippen LogP contribution >= 0.6 is 0 Å². The molecule has 154 valence electrons. The summed E-state index contributed by atoms with van der Waals surface area (Å²) >= 11 is 0. The molecule has 1 N–H and O–H groups in total. The average molecular weight is 403 g/mol. The van der Waals surface area contributed by atoms with Crippen LogP contribution in [0.25, 0.3) is 22.2 Å². The summed E-state index contributed by atoms with van der Waals surface area (Å²) in [7, 11) is 0. The molecule has 30 heavy (non-hydrogen) atoms. The predicted molar refractivity (Wildman–Crippen MR) is 117 cm³/mol. The number of hydrogen-bond donors (Lipinski definition) is 1. The van der Waals surface area contributed by atoms with Crippen molar-refractivity contribution in [2.75, 3.05) is 0 Å². The first-order valence-electron chi connectivity index (χ1n) is 10.3. The van der Waals surface area contributed by atoms with Crippen molar-refractivity contribution in [3.63, 3.8) is 0 Å². The summed E-state index contributed by atoms with van der Waals surface area (Å²) in [5.41, 5.74) is 5.09. The molecule has 0 aliphatic rings. The molecule has 7 nitrogen and oxygen atoms in total. The average Bonchev–Trinajstić information content (AvgIpc) is 3.39. The van der Waals surface area contributed by atoms with E-state index in [0.717, 1.165) is 46.6 Å². The van der Waals surface area contributed by atoms with E-state index in [-0.39, 0.29) is 11.9 Å². The van der Waals surface area contributed by atoms with E-state index in [9.17, 15) is 4.79 Å². The minimum absolute atomic E-state index is 0.133.